The number of phenols is 1. The fourth-order valence-corrected chi connectivity index (χ4v) is 2.18. The molecule has 3 N–H and O–H groups in total. The Morgan fingerprint density at radius 2 is 2.18 bits per heavy atom. The molecule has 1 aromatic rings. The van der Waals surface area contributed by atoms with Crippen molar-refractivity contribution in [2.75, 3.05) is 20.3 Å². The van der Waals surface area contributed by atoms with Gasteiger partial charge in [-0.15, -0.1) is 0 Å². The van der Waals surface area contributed by atoms with E-state index in [4.69, 9.17) is 4.74 Å². The highest BCUT2D eigenvalue weighted by molar-refractivity contribution is 9.10. The van der Waals surface area contributed by atoms with Gasteiger partial charge in [-0.2, -0.15) is 0 Å². The molecule has 0 aliphatic rings. The first-order valence-electron chi connectivity index (χ1n) is 5.40. The van der Waals surface area contributed by atoms with Gasteiger partial charge in [0.05, 0.1) is 12.7 Å². The minimum Gasteiger partial charge on any atom is -0.507 e. The van der Waals surface area contributed by atoms with E-state index in [9.17, 15) is 10.2 Å². The van der Waals surface area contributed by atoms with Crippen LogP contribution >= 0.6 is 15.9 Å². The van der Waals surface area contributed by atoms with Crippen LogP contribution in [0.5, 0.6) is 5.75 Å². The summed E-state index contributed by atoms with van der Waals surface area (Å²) >= 11 is 3.38. The molecule has 0 heterocycles. The first-order chi connectivity index (χ1) is 8.04. The lowest BCUT2D eigenvalue weighted by Crippen LogP contribution is -2.29. The Hall–Kier alpha value is -0.620. The smallest absolute Gasteiger partial charge is 0.123 e. The van der Waals surface area contributed by atoms with E-state index in [1.54, 1.807) is 7.11 Å². The second-order valence-corrected chi connectivity index (χ2v) is 4.89. The quantitative estimate of drug-likeness (QED) is 0.746. The molecule has 96 valence electrons. The van der Waals surface area contributed by atoms with Gasteiger partial charge >= 0.3 is 0 Å². The molecule has 1 unspecified atom stereocenters. The topological polar surface area (TPSA) is 61.7 Å². The van der Waals surface area contributed by atoms with Crippen molar-refractivity contribution in [1.29, 1.82) is 0 Å². The maximum Gasteiger partial charge on any atom is 0.123 e. The van der Waals surface area contributed by atoms with Gasteiger partial charge in [-0.25, -0.2) is 0 Å². The zero-order chi connectivity index (χ0) is 12.8. The van der Waals surface area contributed by atoms with E-state index in [1.165, 1.54) is 0 Å². The third-order valence-corrected chi connectivity index (χ3v) is 2.86. The lowest BCUT2D eigenvalue weighted by molar-refractivity contribution is 0.0644. The molecule has 0 spiro atoms. The highest BCUT2D eigenvalue weighted by Crippen LogP contribution is 2.26. The van der Waals surface area contributed by atoms with Crippen LogP contribution in [0.4, 0.5) is 0 Å². The van der Waals surface area contributed by atoms with E-state index >= 15 is 0 Å². The average Bonchev–Trinajstić information content (AvgIpc) is 2.25. The van der Waals surface area contributed by atoms with Crippen LogP contribution in [-0.2, 0) is 11.3 Å². The summed E-state index contributed by atoms with van der Waals surface area (Å²) in [4.78, 5) is 0. The van der Waals surface area contributed by atoms with Crippen molar-refractivity contribution >= 4 is 15.9 Å². The zero-order valence-electron chi connectivity index (χ0n) is 10.0. The molecule has 1 aromatic carbocycles. The van der Waals surface area contributed by atoms with Crippen LogP contribution in [0, 0.1) is 6.92 Å². The molecular weight excluding hydrogens is 286 g/mol. The van der Waals surface area contributed by atoms with Crippen LogP contribution in [0.1, 0.15) is 11.1 Å². The molecule has 0 aliphatic heterocycles. The molecule has 0 radical (unpaired) electrons. The summed E-state index contributed by atoms with van der Waals surface area (Å²) in [6.45, 7) is 3.09. The van der Waals surface area contributed by atoms with E-state index in [2.05, 4.69) is 21.2 Å². The highest BCUT2D eigenvalue weighted by Gasteiger charge is 2.07. The normalized spacial score (nSPS) is 12.7. The van der Waals surface area contributed by atoms with Gasteiger partial charge < -0.3 is 20.3 Å². The lowest BCUT2D eigenvalue weighted by atomic mass is 10.1. The summed E-state index contributed by atoms with van der Waals surface area (Å²) in [5.41, 5.74) is 1.63. The largest absolute Gasteiger partial charge is 0.507 e. The predicted molar refractivity (Wildman–Crippen MR) is 70.1 cm³/mol. The van der Waals surface area contributed by atoms with Gasteiger partial charge in [0.1, 0.15) is 5.75 Å². The Balaban J connectivity index is 2.52. The molecule has 0 amide bonds. The van der Waals surface area contributed by atoms with Gasteiger partial charge in [0.15, 0.2) is 0 Å². The number of phenolic OH excluding ortho intramolecular Hbond substituents is 1. The molecule has 4 nitrogen and oxygen atoms in total. The molecule has 0 saturated heterocycles. The summed E-state index contributed by atoms with van der Waals surface area (Å²) in [6, 6.07) is 3.72. The van der Waals surface area contributed by atoms with Crippen molar-refractivity contribution in [1.82, 2.24) is 5.32 Å². The molecule has 0 aromatic heterocycles. The second-order valence-electron chi connectivity index (χ2n) is 3.97. The van der Waals surface area contributed by atoms with Crippen molar-refractivity contribution in [2.45, 2.75) is 19.6 Å². The number of nitrogens with one attached hydrogen (secondary N) is 1. The van der Waals surface area contributed by atoms with Gasteiger partial charge in [-0.3, -0.25) is 0 Å². The van der Waals surface area contributed by atoms with Gasteiger partial charge in [0, 0.05) is 30.2 Å². The maximum absolute atomic E-state index is 9.84. The minimum absolute atomic E-state index is 0.293. The Morgan fingerprint density at radius 3 is 2.82 bits per heavy atom. The summed E-state index contributed by atoms with van der Waals surface area (Å²) < 4.78 is 5.75. The van der Waals surface area contributed by atoms with Gasteiger partial charge in [0.25, 0.3) is 0 Å². The highest BCUT2D eigenvalue weighted by atomic mass is 79.9. The maximum atomic E-state index is 9.84. The van der Waals surface area contributed by atoms with Crippen LogP contribution in [0.2, 0.25) is 0 Å². The fourth-order valence-electron chi connectivity index (χ4n) is 1.56. The van der Waals surface area contributed by atoms with Gasteiger partial charge in [-0.05, 0) is 24.6 Å². The molecule has 1 atom stereocenters. The minimum atomic E-state index is -0.532. The zero-order valence-corrected chi connectivity index (χ0v) is 11.6. The summed E-state index contributed by atoms with van der Waals surface area (Å²) in [6.07, 6.45) is -0.532. The molecule has 17 heavy (non-hydrogen) atoms. The number of methoxy groups -OCH3 is 1. The number of aliphatic hydroxyl groups excluding tert-OH is 1. The Bertz CT molecular complexity index is 371. The molecule has 0 fully saturated rings. The second kappa shape index (κ2) is 6.96. The Morgan fingerprint density at radius 1 is 1.47 bits per heavy atom. The number of hydrogen-bond acceptors (Lipinski definition) is 4. The van der Waals surface area contributed by atoms with Crippen LogP contribution in [0.15, 0.2) is 16.6 Å². The number of aryl methyl sites for hydroxylation is 1. The first kappa shape index (κ1) is 14.4. The number of rotatable bonds is 6. The lowest BCUT2D eigenvalue weighted by Gasteiger charge is -2.12. The van der Waals surface area contributed by atoms with E-state index in [1.807, 2.05) is 19.1 Å². The van der Waals surface area contributed by atoms with Crippen molar-refractivity contribution in [3.63, 3.8) is 0 Å². The Kier molecular flexibility index (Phi) is 5.91. The van der Waals surface area contributed by atoms with Crippen molar-refractivity contribution < 1.29 is 14.9 Å². The van der Waals surface area contributed by atoms with E-state index < -0.39 is 6.10 Å². The van der Waals surface area contributed by atoms with Crippen LogP contribution in [0.3, 0.4) is 0 Å². The third kappa shape index (κ3) is 4.63. The fraction of sp³-hybridized carbons (Fsp3) is 0.500. The average molecular weight is 304 g/mol. The summed E-state index contributed by atoms with van der Waals surface area (Å²) in [5, 5.41) is 22.4. The summed E-state index contributed by atoms with van der Waals surface area (Å²) in [7, 11) is 1.55. The predicted octanol–water partition coefficient (Wildman–Crippen LogP) is 1.56. The number of hydrogen-bond donors (Lipinski definition) is 3. The molecule has 0 aliphatic carbocycles. The standard InChI is InChI=1S/C12H18BrNO3/c1-8-3-10(13)4-9(12(8)16)5-14-6-11(15)7-17-2/h3-4,11,14-16H,5-7H2,1-2H3. The van der Waals surface area contributed by atoms with Crippen LogP contribution in [-0.4, -0.2) is 36.6 Å². The number of ether oxygens (including phenoxy) is 1. The number of aromatic hydroxyl groups is 1. The molecule has 0 saturated carbocycles. The third-order valence-electron chi connectivity index (χ3n) is 2.40. The summed E-state index contributed by atoms with van der Waals surface area (Å²) in [5.74, 6) is 0.293. The Labute approximate surface area is 110 Å². The number of aliphatic hydroxyl groups is 1. The number of benzene rings is 1. The van der Waals surface area contributed by atoms with E-state index in [0.29, 0.717) is 25.4 Å². The van der Waals surface area contributed by atoms with Gasteiger partial charge in [0.2, 0.25) is 0 Å². The van der Waals surface area contributed by atoms with Gasteiger partial charge in [-0.1, -0.05) is 15.9 Å². The first-order valence-corrected chi connectivity index (χ1v) is 6.19. The van der Waals surface area contributed by atoms with Crippen molar-refractivity contribution in [3.05, 3.63) is 27.7 Å². The monoisotopic (exact) mass is 303 g/mol. The molecular formula is C12H18BrNO3. The van der Waals surface area contributed by atoms with E-state index in [0.717, 1.165) is 15.6 Å². The van der Waals surface area contributed by atoms with Crippen molar-refractivity contribution in [3.8, 4) is 5.75 Å². The van der Waals surface area contributed by atoms with E-state index in [-0.39, 0.29) is 0 Å². The van der Waals surface area contributed by atoms with Crippen LogP contribution in [0.25, 0.3) is 0 Å². The van der Waals surface area contributed by atoms with Crippen molar-refractivity contribution in [2.24, 2.45) is 0 Å². The molecule has 0 bridgehead atoms. The molecule has 5 heteroatoms. The number of halogens is 1. The SMILES string of the molecule is COCC(O)CNCc1cc(Br)cc(C)c1O. The van der Waals surface area contributed by atoms with Crippen LogP contribution < -0.4 is 5.32 Å². The molecule has 1 rings (SSSR count).